The van der Waals surface area contributed by atoms with Crippen molar-refractivity contribution < 1.29 is 9.53 Å². The van der Waals surface area contributed by atoms with Crippen LogP contribution in [-0.4, -0.2) is 23.8 Å². The molecule has 5 nitrogen and oxygen atoms in total. The van der Waals surface area contributed by atoms with Crippen LogP contribution in [0.15, 0.2) is 35.4 Å². The van der Waals surface area contributed by atoms with Gasteiger partial charge in [0, 0.05) is 29.1 Å². The van der Waals surface area contributed by atoms with Gasteiger partial charge in [0.25, 0.3) is 5.91 Å². The van der Waals surface area contributed by atoms with Crippen molar-refractivity contribution in [1.82, 2.24) is 9.99 Å². The molecule has 0 saturated heterocycles. The van der Waals surface area contributed by atoms with Crippen molar-refractivity contribution in [3.63, 3.8) is 0 Å². The molecule has 1 amide bonds. The maximum Gasteiger partial charge on any atom is 0.271 e. The summed E-state index contributed by atoms with van der Waals surface area (Å²) in [5, 5.41) is 4.04. The predicted molar refractivity (Wildman–Crippen MR) is 87.6 cm³/mol. The van der Waals surface area contributed by atoms with Crippen LogP contribution in [0.2, 0.25) is 0 Å². The van der Waals surface area contributed by atoms with E-state index in [-0.39, 0.29) is 5.91 Å². The molecule has 0 spiro atoms. The molecule has 2 aromatic rings. The molecule has 1 aromatic carbocycles. The van der Waals surface area contributed by atoms with Gasteiger partial charge in [0.05, 0.1) is 13.3 Å². The molecule has 22 heavy (non-hydrogen) atoms. The Balaban J connectivity index is 2.07. The first-order chi connectivity index (χ1) is 10.6. The van der Waals surface area contributed by atoms with Crippen molar-refractivity contribution in [1.29, 1.82) is 0 Å². The van der Waals surface area contributed by atoms with Gasteiger partial charge in [-0.05, 0) is 45.0 Å². The van der Waals surface area contributed by atoms with E-state index in [2.05, 4.69) is 35.0 Å². The van der Waals surface area contributed by atoms with E-state index in [1.807, 2.05) is 6.92 Å². The largest absolute Gasteiger partial charge is 0.497 e. The SMILES string of the molecule is CCn1c(C)cc(/C=N\NC(=O)c2cccc(OC)c2)c1C. The summed E-state index contributed by atoms with van der Waals surface area (Å²) in [6, 6.07) is 9.01. The number of methoxy groups -OCH3 is 1. The molecular formula is C17H21N3O2. The van der Waals surface area contributed by atoms with Gasteiger partial charge in [-0.25, -0.2) is 5.43 Å². The Morgan fingerprint density at radius 2 is 2.14 bits per heavy atom. The topological polar surface area (TPSA) is 55.6 Å². The zero-order valence-corrected chi connectivity index (χ0v) is 13.4. The van der Waals surface area contributed by atoms with Gasteiger partial charge >= 0.3 is 0 Å². The molecule has 0 aliphatic heterocycles. The lowest BCUT2D eigenvalue weighted by Crippen LogP contribution is -2.17. The zero-order chi connectivity index (χ0) is 16.1. The number of carbonyl (C=O) groups excluding carboxylic acids is 1. The molecule has 0 aliphatic rings. The van der Waals surface area contributed by atoms with Crippen LogP contribution in [0.5, 0.6) is 5.75 Å². The molecule has 0 fully saturated rings. The summed E-state index contributed by atoms with van der Waals surface area (Å²) in [7, 11) is 1.57. The van der Waals surface area contributed by atoms with E-state index in [0.717, 1.165) is 17.8 Å². The number of hydrogen-bond acceptors (Lipinski definition) is 3. The third-order valence-electron chi connectivity index (χ3n) is 3.63. The van der Waals surface area contributed by atoms with Crippen molar-refractivity contribution in [3.05, 3.63) is 52.8 Å². The number of ether oxygens (including phenoxy) is 1. The van der Waals surface area contributed by atoms with Crippen LogP contribution < -0.4 is 10.2 Å². The second-order valence-electron chi connectivity index (χ2n) is 5.00. The first-order valence-electron chi connectivity index (χ1n) is 7.21. The molecule has 116 valence electrons. The Bertz CT molecular complexity index is 702. The summed E-state index contributed by atoms with van der Waals surface area (Å²) >= 11 is 0. The minimum Gasteiger partial charge on any atom is -0.497 e. The Kier molecular flexibility index (Phi) is 4.99. The summed E-state index contributed by atoms with van der Waals surface area (Å²) in [5.74, 6) is 0.377. The van der Waals surface area contributed by atoms with Crippen molar-refractivity contribution in [2.75, 3.05) is 7.11 Å². The van der Waals surface area contributed by atoms with E-state index in [1.54, 1.807) is 37.6 Å². The van der Waals surface area contributed by atoms with Gasteiger partial charge in [-0.15, -0.1) is 0 Å². The van der Waals surface area contributed by atoms with Crippen LogP contribution in [0.4, 0.5) is 0 Å². The van der Waals surface area contributed by atoms with Crippen LogP contribution in [-0.2, 0) is 6.54 Å². The van der Waals surface area contributed by atoms with E-state index in [4.69, 9.17) is 4.74 Å². The third kappa shape index (κ3) is 3.36. The molecular weight excluding hydrogens is 278 g/mol. The molecule has 0 bridgehead atoms. The number of aromatic nitrogens is 1. The van der Waals surface area contributed by atoms with Crippen molar-refractivity contribution >= 4 is 12.1 Å². The van der Waals surface area contributed by atoms with Gasteiger partial charge in [-0.3, -0.25) is 4.79 Å². The average Bonchev–Trinajstić information content (AvgIpc) is 2.81. The van der Waals surface area contributed by atoms with Gasteiger partial charge in [0.2, 0.25) is 0 Å². The second kappa shape index (κ2) is 6.93. The number of rotatable bonds is 5. The second-order valence-corrected chi connectivity index (χ2v) is 5.00. The lowest BCUT2D eigenvalue weighted by Gasteiger charge is -2.04. The Morgan fingerprint density at radius 1 is 1.36 bits per heavy atom. The smallest absolute Gasteiger partial charge is 0.271 e. The highest BCUT2D eigenvalue weighted by Gasteiger charge is 2.07. The van der Waals surface area contributed by atoms with E-state index in [0.29, 0.717) is 11.3 Å². The number of carbonyl (C=O) groups is 1. The molecule has 1 aromatic heterocycles. The fourth-order valence-corrected chi connectivity index (χ4v) is 2.43. The van der Waals surface area contributed by atoms with E-state index < -0.39 is 0 Å². The molecule has 0 aliphatic carbocycles. The van der Waals surface area contributed by atoms with Gasteiger partial charge in [0.15, 0.2) is 0 Å². The van der Waals surface area contributed by atoms with Crippen LogP contribution in [0, 0.1) is 13.8 Å². The highest BCUT2D eigenvalue weighted by molar-refractivity contribution is 5.95. The molecule has 2 rings (SSSR count). The normalized spacial score (nSPS) is 10.9. The molecule has 1 N–H and O–H groups in total. The molecule has 0 atom stereocenters. The first-order valence-corrected chi connectivity index (χ1v) is 7.21. The minimum absolute atomic E-state index is 0.264. The van der Waals surface area contributed by atoms with Crippen LogP contribution in [0.3, 0.4) is 0 Å². The van der Waals surface area contributed by atoms with Gasteiger partial charge in [-0.1, -0.05) is 6.07 Å². The standard InChI is InChI=1S/C17H21N3O2/c1-5-20-12(2)9-15(13(20)3)11-18-19-17(21)14-7-6-8-16(10-14)22-4/h6-11H,5H2,1-4H3,(H,19,21)/b18-11-. The van der Waals surface area contributed by atoms with E-state index in [1.165, 1.54) is 5.69 Å². The summed E-state index contributed by atoms with van der Waals surface area (Å²) in [4.78, 5) is 12.0. The van der Waals surface area contributed by atoms with E-state index in [9.17, 15) is 4.79 Å². The fraction of sp³-hybridized carbons (Fsp3) is 0.294. The highest BCUT2D eigenvalue weighted by Crippen LogP contribution is 2.13. The van der Waals surface area contributed by atoms with Gasteiger partial charge < -0.3 is 9.30 Å². The third-order valence-corrected chi connectivity index (χ3v) is 3.63. The summed E-state index contributed by atoms with van der Waals surface area (Å²) in [6.07, 6.45) is 1.67. The van der Waals surface area contributed by atoms with E-state index >= 15 is 0 Å². The molecule has 0 unspecified atom stereocenters. The maximum absolute atomic E-state index is 12.0. The molecule has 1 heterocycles. The quantitative estimate of drug-likeness (QED) is 0.682. The van der Waals surface area contributed by atoms with Crippen molar-refractivity contribution in [2.45, 2.75) is 27.3 Å². The Labute approximate surface area is 130 Å². The number of benzene rings is 1. The number of nitrogens with one attached hydrogen (secondary N) is 1. The summed E-state index contributed by atoms with van der Waals surface area (Å²) in [6.45, 7) is 7.12. The Hall–Kier alpha value is -2.56. The number of amides is 1. The molecule has 5 heteroatoms. The van der Waals surface area contributed by atoms with Crippen LogP contribution in [0.25, 0.3) is 0 Å². The lowest BCUT2D eigenvalue weighted by molar-refractivity contribution is 0.0955. The van der Waals surface area contributed by atoms with Crippen molar-refractivity contribution in [2.24, 2.45) is 5.10 Å². The number of hydrazone groups is 1. The molecule has 0 radical (unpaired) electrons. The highest BCUT2D eigenvalue weighted by atomic mass is 16.5. The first kappa shape index (κ1) is 15.8. The zero-order valence-electron chi connectivity index (χ0n) is 13.4. The number of nitrogens with zero attached hydrogens (tertiary/aromatic N) is 2. The Morgan fingerprint density at radius 3 is 2.77 bits per heavy atom. The molecule has 0 saturated carbocycles. The van der Waals surface area contributed by atoms with Crippen LogP contribution in [0.1, 0.15) is 34.2 Å². The fourth-order valence-electron chi connectivity index (χ4n) is 2.43. The minimum atomic E-state index is -0.264. The predicted octanol–water partition coefficient (Wildman–Crippen LogP) is 2.90. The number of aryl methyl sites for hydroxylation is 1. The average molecular weight is 299 g/mol. The van der Waals surface area contributed by atoms with Gasteiger partial charge in [-0.2, -0.15) is 5.10 Å². The summed E-state index contributed by atoms with van der Waals surface area (Å²) < 4.78 is 7.30. The van der Waals surface area contributed by atoms with Gasteiger partial charge in [0.1, 0.15) is 5.75 Å². The van der Waals surface area contributed by atoms with Crippen LogP contribution >= 0.6 is 0 Å². The summed E-state index contributed by atoms with van der Waals surface area (Å²) in [5.41, 5.74) is 6.37. The van der Waals surface area contributed by atoms with Crippen molar-refractivity contribution in [3.8, 4) is 5.75 Å². The monoisotopic (exact) mass is 299 g/mol. The lowest BCUT2D eigenvalue weighted by atomic mass is 10.2. The maximum atomic E-state index is 12.0. The number of hydrogen-bond donors (Lipinski definition) is 1.